The summed E-state index contributed by atoms with van der Waals surface area (Å²) in [5, 5.41) is 6.03. The van der Waals surface area contributed by atoms with Crippen molar-refractivity contribution in [2.45, 2.75) is 26.7 Å². The van der Waals surface area contributed by atoms with Crippen LogP contribution in [-0.2, 0) is 4.79 Å². The molecule has 1 amide bonds. The Morgan fingerprint density at radius 2 is 2.29 bits per heavy atom. The van der Waals surface area contributed by atoms with Crippen molar-refractivity contribution in [2.24, 2.45) is 11.8 Å². The summed E-state index contributed by atoms with van der Waals surface area (Å²) in [5.74, 6) is 1.02. The van der Waals surface area contributed by atoms with E-state index in [2.05, 4.69) is 22.5 Å². The summed E-state index contributed by atoms with van der Waals surface area (Å²) in [7, 11) is 1.87. The van der Waals surface area contributed by atoms with Crippen molar-refractivity contribution in [1.29, 1.82) is 0 Å². The molecule has 1 fully saturated rings. The number of hydrogen-bond donors (Lipinski definition) is 2. The molecular formula is C13H27N3O. The molecule has 17 heavy (non-hydrogen) atoms. The fourth-order valence-corrected chi connectivity index (χ4v) is 2.40. The fourth-order valence-electron chi connectivity index (χ4n) is 2.40. The van der Waals surface area contributed by atoms with E-state index in [1.165, 1.54) is 25.9 Å². The van der Waals surface area contributed by atoms with Gasteiger partial charge in [-0.05, 0) is 32.4 Å². The lowest BCUT2D eigenvalue weighted by Gasteiger charge is -2.30. The number of likely N-dealkylation sites (tertiary alicyclic amines) is 1. The number of rotatable bonds is 6. The molecule has 1 aliphatic rings. The highest BCUT2D eigenvalue weighted by Gasteiger charge is 2.16. The molecule has 2 unspecified atom stereocenters. The normalized spacial score (nSPS) is 23.4. The summed E-state index contributed by atoms with van der Waals surface area (Å²) in [5.41, 5.74) is 0. The van der Waals surface area contributed by atoms with E-state index in [1.807, 2.05) is 14.0 Å². The largest absolute Gasteiger partial charge is 0.355 e. The second-order valence-electron chi connectivity index (χ2n) is 5.30. The van der Waals surface area contributed by atoms with E-state index >= 15 is 0 Å². The summed E-state index contributed by atoms with van der Waals surface area (Å²) in [6.07, 6.45) is 2.65. The predicted octanol–water partition coefficient (Wildman–Crippen LogP) is 0.690. The molecule has 1 rings (SSSR count). The minimum atomic E-state index is 0.0558. The van der Waals surface area contributed by atoms with Crippen LogP contribution in [0.3, 0.4) is 0 Å². The molecule has 2 atom stereocenters. The summed E-state index contributed by atoms with van der Waals surface area (Å²) in [6.45, 7) is 9.14. The van der Waals surface area contributed by atoms with Crippen LogP contribution < -0.4 is 10.6 Å². The molecule has 4 heteroatoms. The Hall–Kier alpha value is -0.610. The van der Waals surface area contributed by atoms with Gasteiger partial charge in [0, 0.05) is 32.1 Å². The molecule has 0 aliphatic carbocycles. The van der Waals surface area contributed by atoms with E-state index in [0.717, 1.165) is 25.6 Å². The van der Waals surface area contributed by atoms with Gasteiger partial charge in [-0.2, -0.15) is 0 Å². The lowest BCUT2D eigenvalue weighted by molar-refractivity contribution is -0.124. The van der Waals surface area contributed by atoms with Crippen molar-refractivity contribution in [3.63, 3.8) is 0 Å². The molecule has 0 aromatic heterocycles. The van der Waals surface area contributed by atoms with Gasteiger partial charge in [0.1, 0.15) is 0 Å². The number of carbonyl (C=O) groups excluding carboxylic acids is 1. The highest BCUT2D eigenvalue weighted by atomic mass is 16.1. The molecule has 1 saturated heterocycles. The lowest BCUT2D eigenvalue weighted by Crippen LogP contribution is -2.42. The topological polar surface area (TPSA) is 44.4 Å². The zero-order valence-electron chi connectivity index (χ0n) is 11.5. The first-order chi connectivity index (χ1) is 8.13. The molecule has 0 aromatic carbocycles. The monoisotopic (exact) mass is 241 g/mol. The van der Waals surface area contributed by atoms with Crippen LogP contribution in [0, 0.1) is 11.8 Å². The van der Waals surface area contributed by atoms with Crippen LogP contribution >= 0.6 is 0 Å². The average Bonchev–Trinajstić information content (AvgIpc) is 2.29. The molecule has 0 bridgehead atoms. The Balaban J connectivity index is 2.12. The fraction of sp³-hybridized carbons (Fsp3) is 0.923. The molecule has 100 valence electrons. The van der Waals surface area contributed by atoms with E-state index in [9.17, 15) is 4.79 Å². The van der Waals surface area contributed by atoms with E-state index in [0.29, 0.717) is 0 Å². The highest BCUT2D eigenvalue weighted by Crippen LogP contribution is 2.14. The molecule has 0 aromatic rings. The van der Waals surface area contributed by atoms with Crippen LogP contribution in [0.15, 0.2) is 0 Å². The molecule has 4 nitrogen and oxygen atoms in total. The van der Waals surface area contributed by atoms with Crippen LogP contribution in [0.4, 0.5) is 0 Å². The van der Waals surface area contributed by atoms with Gasteiger partial charge in [0.05, 0.1) is 0 Å². The summed E-state index contributed by atoms with van der Waals surface area (Å²) < 4.78 is 0. The Kier molecular flexibility index (Phi) is 6.52. The van der Waals surface area contributed by atoms with Gasteiger partial charge in [-0.3, -0.25) is 4.79 Å². The van der Waals surface area contributed by atoms with Crippen LogP contribution in [-0.4, -0.2) is 50.6 Å². The molecule has 2 N–H and O–H groups in total. The van der Waals surface area contributed by atoms with Crippen molar-refractivity contribution in [3.05, 3.63) is 0 Å². The summed E-state index contributed by atoms with van der Waals surface area (Å²) >= 11 is 0. The third-order valence-electron chi connectivity index (χ3n) is 3.43. The second kappa shape index (κ2) is 7.67. The van der Waals surface area contributed by atoms with Crippen LogP contribution in [0.2, 0.25) is 0 Å². The zero-order valence-corrected chi connectivity index (χ0v) is 11.5. The van der Waals surface area contributed by atoms with E-state index in [4.69, 9.17) is 0 Å². The first-order valence-corrected chi connectivity index (χ1v) is 6.78. The summed E-state index contributed by atoms with van der Waals surface area (Å²) in [6, 6.07) is 0. The van der Waals surface area contributed by atoms with Gasteiger partial charge in [0.15, 0.2) is 0 Å². The molecule has 1 heterocycles. The van der Waals surface area contributed by atoms with Crippen molar-refractivity contribution in [2.75, 3.05) is 39.8 Å². The van der Waals surface area contributed by atoms with Gasteiger partial charge in [-0.15, -0.1) is 0 Å². The highest BCUT2D eigenvalue weighted by molar-refractivity contribution is 5.78. The van der Waals surface area contributed by atoms with Crippen LogP contribution in [0.25, 0.3) is 0 Å². The Morgan fingerprint density at radius 1 is 1.53 bits per heavy atom. The zero-order chi connectivity index (χ0) is 12.7. The Labute approximate surface area is 105 Å². The summed E-state index contributed by atoms with van der Waals surface area (Å²) in [4.78, 5) is 14.1. The molecule has 1 aliphatic heterocycles. The number of nitrogens with one attached hydrogen (secondary N) is 2. The first kappa shape index (κ1) is 14.5. The number of hydrogen-bond acceptors (Lipinski definition) is 3. The first-order valence-electron chi connectivity index (χ1n) is 6.78. The predicted molar refractivity (Wildman–Crippen MR) is 70.9 cm³/mol. The Morgan fingerprint density at radius 3 is 2.94 bits per heavy atom. The van der Waals surface area contributed by atoms with Gasteiger partial charge in [-0.25, -0.2) is 0 Å². The van der Waals surface area contributed by atoms with Gasteiger partial charge >= 0.3 is 0 Å². The Bertz CT molecular complexity index is 233. The smallest absolute Gasteiger partial charge is 0.224 e. The third kappa shape index (κ3) is 5.50. The van der Waals surface area contributed by atoms with Crippen molar-refractivity contribution >= 4 is 5.91 Å². The lowest BCUT2D eigenvalue weighted by atomic mass is 10.0. The molecule has 0 radical (unpaired) electrons. The maximum absolute atomic E-state index is 11.7. The minimum Gasteiger partial charge on any atom is -0.355 e. The van der Waals surface area contributed by atoms with E-state index < -0.39 is 0 Å². The van der Waals surface area contributed by atoms with Crippen LogP contribution in [0.5, 0.6) is 0 Å². The number of piperidine rings is 1. The van der Waals surface area contributed by atoms with Crippen molar-refractivity contribution in [1.82, 2.24) is 15.5 Å². The third-order valence-corrected chi connectivity index (χ3v) is 3.43. The van der Waals surface area contributed by atoms with E-state index in [-0.39, 0.29) is 11.8 Å². The van der Waals surface area contributed by atoms with Gasteiger partial charge < -0.3 is 15.5 Å². The number of amides is 1. The molecular weight excluding hydrogens is 214 g/mol. The maximum atomic E-state index is 11.7. The maximum Gasteiger partial charge on any atom is 0.224 e. The average molecular weight is 241 g/mol. The minimum absolute atomic E-state index is 0.0558. The quantitative estimate of drug-likeness (QED) is 0.719. The molecule has 0 spiro atoms. The standard InChI is InChI=1S/C13H27N3O/c1-11-5-4-7-16(10-11)8-6-15-13(17)12(2)9-14-3/h11-12,14H,4-10H2,1-3H3,(H,15,17). The second-order valence-corrected chi connectivity index (χ2v) is 5.30. The van der Waals surface area contributed by atoms with Crippen molar-refractivity contribution < 1.29 is 4.79 Å². The molecule has 0 saturated carbocycles. The van der Waals surface area contributed by atoms with Crippen molar-refractivity contribution in [3.8, 4) is 0 Å². The van der Waals surface area contributed by atoms with Gasteiger partial charge in [0.25, 0.3) is 0 Å². The number of nitrogens with zero attached hydrogens (tertiary/aromatic N) is 1. The van der Waals surface area contributed by atoms with E-state index in [1.54, 1.807) is 0 Å². The van der Waals surface area contributed by atoms with Gasteiger partial charge in [-0.1, -0.05) is 13.8 Å². The van der Waals surface area contributed by atoms with Crippen LogP contribution in [0.1, 0.15) is 26.7 Å². The van der Waals surface area contributed by atoms with Gasteiger partial charge in [0.2, 0.25) is 5.91 Å². The SMILES string of the molecule is CNCC(C)C(=O)NCCN1CCCC(C)C1. The number of carbonyl (C=O) groups is 1.